The largest absolute Gasteiger partial charge is 0.437 e. The Hall–Kier alpha value is -2.89. The summed E-state index contributed by atoms with van der Waals surface area (Å²) >= 11 is 0. The lowest BCUT2D eigenvalue weighted by atomic mass is 10.5. The van der Waals surface area contributed by atoms with Crippen molar-refractivity contribution in [2.24, 2.45) is 14.1 Å². The van der Waals surface area contributed by atoms with E-state index >= 15 is 0 Å². The van der Waals surface area contributed by atoms with Crippen LogP contribution in [0.15, 0.2) is 9.59 Å². The van der Waals surface area contributed by atoms with Crippen LogP contribution in [0.4, 0.5) is 5.95 Å². The number of fused-ring (bicyclic) bond motifs is 1. The van der Waals surface area contributed by atoms with Crippen LogP contribution in [0, 0.1) is 22.5 Å². The number of aryl methyl sites for hydroxylation is 1. The molecule has 0 fully saturated rings. The first kappa shape index (κ1) is 12.6. The molecular formula is C10H9N5O4. The standard InChI is InChI=1S/C10H9N5O4/c1-4-5-14-7-6(8(16)13(3)10(14)17)12(2)9(11-7)15(18)19/h1H,5H2,2-3H3. The number of hydrogen-bond donors (Lipinski definition) is 0. The van der Waals surface area contributed by atoms with E-state index in [0.29, 0.717) is 0 Å². The first-order valence-corrected chi connectivity index (χ1v) is 5.14. The number of imidazole rings is 1. The molecule has 0 N–H and O–H groups in total. The third-order valence-electron chi connectivity index (χ3n) is 2.75. The van der Waals surface area contributed by atoms with Gasteiger partial charge in [-0.25, -0.2) is 13.9 Å². The fraction of sp³-hybridized carbons (Fsp3) is 0.300. The second kappa shape index (κ2) is 4.09. The van der Waals surface area contributed by atoms with E-state index in [1.54, 1.807) is 0 Å². The van der Waals surface area contributed by atoms with E-state index in [4.69, 9.17) is 6.42 Å². The molecule has 0 unspecified atom stereocenters. The highest BCUT2D eigenvalue weighted by Crippen LogP contribution is 2.15. The van der Waals surface area contributed by atoms with Crippen molar-refractivity contribution in [3.8, 4) is 12.3 Å². The highest BCUT2D eigenvalue weighted by atomic mass is 16.6. The number of nitro groups is 1. The average molecular weight is 263 g/mol. The Morgan fingerprint density at radius 3 is 2.53 bits per heavy atom. The van der Waals surface area contributed by atoms with Gasteiger partial charge in [0.1, 0.15) is 0 Å². The van der Waals surface area contributed by atoms with Crippen molar-refractivity contribution in [3.63, 3.8) is 0 Å². The smallest absolute Gasteiger partial charge is 0.390 e. The molecule has 9 nitrogen and oxygen atoms in total. The van der Waals surface area contributed by atoms with Crippen molar-refractivity contribution in [1.82, 2.24) is 18.7 Å². The lowest BCUT2D eigenvalue weighted by Gasteiger charge is -2.02. The van der Waals surface area contributed by atoms with Crippen molar-refractivity contribution in [2.75, 3.05) is 0 Å². The third kappa shape index (κ3) is 1.61. The predicted octanol–water partition coefficient (Wildman–Crippen LogP) is -1.02. The van der Waals surface area contributed by atoms with E-state index < -0.39 is 22.1 Å². The van der Waals surface area contributed by atoms with Crippen LogP contribution in [0.3, 0.4) is 0 Å². The molecule has 0 amide bonds. The lowest BCUT2D eigenvalue weighted by Crippen LogP contribution is -2.38. The molecule has 98 valence electrons. The quantitative estimate of drug-likeness (QED) is 0.391. The molecule has 9 heteroatoms. The monoisotopic (exact) mass is 263 g/mol. The molecule has 0 aromatic carbocycles. The number of rotatable bonds is 2. The molecule has 0 aliphatic heterocycles. The zero-order valence-corrected chi connectivity index (χ0v) is 10.2. The molecule has 0 saturated carbocycles. The first-order valence-electron chi connectivity index (χ1n) is 5.14. The summed E-state index contributed by atoms with van der Waals surface area (Å²) in [5.74, 6) is 1.73. The second-order valence-electron chi connectivity index (χ2n) is 3.84. The molecule has 0 bridgehead atoms. The van der Waals surface area contributed by atoms with Gasteiger partial charge in [0.2, 0.25) is 5.52 Å². The Labute approximate surface area is 105 Å². The number of nitrogens with zero attached hydrogens (tertiary/aromatic N) is 5. The van der Waals surface area contributed by atoms with Gasteiger partial charge in [-0.15, -0.1) is 6.42 Å². The van der Waals surface area contributed by atoms with Crippen LogP contribution in [0.25, 0.3) is 11.2 Å². The van der Waals surface area contributed by atoms with Gasteiger partial charge in [-0.2, -0.15) is 0 Å². The second-order valence-corrected chi connectivity index (χ2v) is 3.84. The van der Waals surface area contributed by atoms with Crippen molar-refractivity contribution < 1.29 is 4.92 Å². The van der Waals surface area contributed by atoms with Crippen molar-refractivity contribution in [2.45, 2.75) is 6.54 Å². The summed E-state index contributed by atoms with van der Waals surface area (Å²) in [6.45, 7) is -0.127. The minimum atomic E-state index is -0.732. The number of terminal acetylenes is 1. The van der Waals surface area contributed by atoms with Crippen LogP contribution in [0.5, 0.6) is 0 Å². The Kier molecular flexibility index (Phi) is 2.71. The van der Waals surface area contributed by atoms with Crippen LogP contribution in [0.1, 0.15) is 0 Å². The van der Waals surface area contributed by atoms with Crippen molar-refractivity contribution >= 4 is 17.1 Å². The van der Waals surface area contributed by atoms with Crippen LogP contribution >= 0.6 is 0 Å². The van der Waals surface area contributed by atoms with E-state index in [-0.39, 0.29) is 17.7 Å². The minimum absolute atomic E-state index is 0.0379. The van der Waals surface area contributed by atoms with E-state index in [9.17, 15) is 19.7 Å². The Morgan fingerprint density at radius 1 is 1.37 bits per heavy atom. The highest BCUT2D eigenvalue weighted by molar-refractivity contribution is 5.72. The average Bonchev–Trinajstić information content (AvgIpc) is 2.70. The van der Waals surface area contributed by atoms with Gasteiger partial charge in [0.15, 0.2) is 0 Å². The summed E-state index contributed by atoms with van der Waals surface area (Å²) < 4.78 is 2.92. The van der Waals surface area contributed by atoms with Gasteiger partial charge in [-0.3, -0.25) is 9.36 Å². The summed E-state index contributed by atoms with van der Waals surface area (Å²) in [6.07, 6.45) is 5.15. The molecule has 0 atom stereocenters. The molecule has 2 heterocycles. The van der Waals surface area contributed by atoms with Gasteiger partial charge >= 0.3 is 11.6 Å². The van der Waals surface area contributed by atoms with Crippen LogP contribution in [0.2, 0.25) is 0 Å². The molecule has 0 saturated heterocycles. The molecule has 2 aromatic heterocycles. The Bertz CT molecular complexity index is 848. The van der Waals surface area contributed by atoms with Gasteiger partial charge in [-0.1, -0.05) is 5.92 Å². The zero-order valence-electron chi connectivity index (χ0n) is 10.2. The van der Waals surface area contributed by atoms with Gasteiger partial charge in [0.05, 0.1) is 13.6 Å². The fourth-order valence-corrected chi connectivity index (χ4v) is 1.81. The van der Waals surface area contributed by atoms with Gasteiger partial charge < -0.3 is 10.1 Å². The number of hydrogen-bond acceptors (Lipinski definition) is 5. The Balaban J connectivity index is 3.09. The van der Waals surface area contributed by atoms with E-state index in [0.717, 1.165) is 13.7 Å². The van der Waals surface area contributed by atoms with Crippen LogP contribution < -0.4 is 11.2 Å². The summed E-state index contributed by atoms with van der Waals surface area (Å²) in [4.78, 5) is 37.7. The molecule has 19 heavy (non-hydrogen) atoms. The Morgan fingerprint density at radius 2 is 2.00 bits per heavy atom. The zero-order chi connectivity index (χ0) is 14.3. The molecule has 2 aromatic rings. The maximum atomic E-state index is 12.0. The van der Waals surface area contributed by atoms with Crippen LogP contribution in [-0.2, 0) is 20.6 Å². The van der Waals surface area contributed by atoms with E-state index in [1.165, 1.54) is 14.1 Å². The highest BCUT2D eigenvalue weighted by Gasteiger charge is 2.26. The summed E-state index contributed by atoms with van der Waals surface area (Å²) in [6, 6.07) is 0. The number of aromatic nitrogens is 4. The van der Waals surface area contributed by atoms with E-state index in [2.05, 4.69) is 10.9 Å². The van der Waals surface area contributed by atoms with Gasteiger partial charge in [0, 0.05) is 7.05 Å². The summed E-state index contributed by atoms with van der Waals surface area (Å²) in [5, 5.41) is 10.8. The van der Waals surface area contributed by atoms with E-state index in [1.807, 2.05) is 0 Å². The van der Waals surface area contributed by atoms with Gasteiger partial charge in [0.25, 0.3) is 11.2 Å². The summed E-state index contributed by atoms with van der Waals surface area (Å²) in [5.41, 5.74) is -1.44. The van der Waals surface area contributed by atoms with Crippen LogP contribution in [-0.4, -0.2) is 23.6 Å². The molecule has 0 aliphatic rings. The SMILES string of the molecule is C#CCn1c(=O)n(C)c(=O)c2c1nc([N+](=O)[O-])n2C. The van der Waals surface area contributed by atoms with Crippen molar-refractivity contribution in [1.29, 1.82) is 0 Å². The lowest BCUT2D eigenvalue weighted by molar-refractivity contribution is -0.396. The fourth-order valence-electron chi connectivity index (χ4n) is 1.81. The maximum Gasteiger partial charge on any atom is 0.437 e. The molecule has 0 spiro atoms. The maximum absolute atomic E-state index is 12.0. The van der Waals surface area contributed by atoms with Gasteiger partial charge in [-0.05, 0) is 9.91 Å². The minimum Gasteiger partial charge on any atom is -0.390 e. The predicted molar refractivity (Wildman–Crippen MR) is 65.7 cm³/mol. The molecular weight excluding hydrogens is 254 g/mol. The molecule has 0 radical (unpaired) electrons. The normalized spacial score (nSPS) is 10.6. The topological polar surface area (TPSA) is 105 Å². The first-order chi connectivity index (χ1) is 8.90. The van der Waals surface area contributed by atoms with Crippen molar-refractivity contribution in [3.05, 3.63) is 31.0 Å². The molecule has 0 aliphatic carbocycles. The summed E-state index contributed by atoms with van der Waals surface area (Å²) in [7, 11) is 2.61. The molecule has 2 rings (SSSR count). The third-order valence-corrected chi connectivity index (χ3v) is 2.75.